The molecule has 2 aromatic heterocycles. The van der Waals surface area contributed by atoms with E-state index in [1.165, 1.54) is 9.13 Å². The van der Waals surface area contributed by atoms with Gasteiger partial charge in [0.2, 0.25) is 0 Å². The smallest absolute Gasteiger partial charge is 0.352 e. The second-order valence-corrected chi connectivity index (χ2v) is 17.6. The average Bonchev–Trinajstić information content (AvgIpc) is 3.58. The molecule has 4 saturated heterocycles. The van der Waals surface area contributed by atoms with Crippen molar-refractivity contribution < 1.29 is 18.9 Å². The minimum absolute atomic E-state index is 0.240. The van der Waals surface area contributed by atoms with E-state index in [-0.39, 0.29) is 91.0 Å². The number of fused-ring (bicyclic) bond motifs is 2. The Morgan fingerprint density at radius 1 is 0.444 bits per heavy atom. The van der Waals surface area contributed by atoms with Crippen LogP contribution in [0.4, 0.5) is 0 Å². The fourth-order valence-corrected chi connectivity index (χ4v) is 14.5. The Morgan fingerprint density at radius 3 is 0.963 bits per heavy atom. The molecule has 4 bridgehead atoms. The molecule has 14 heteroatoms. The van der Waals surface area contributed by atoms with Crippen LogP contribution < -0.4 is 22.8 Å². The number of epoxide rings is 2. The number of ether oxygens (including phenoxy) is 4. The van der Waals surface area contributed by atoms with Gasteiger partial charge in [-0.2, -0.15) is 0 Å². The summed E-state index contributed by atoms with van der Waals surface area (Å²) in [5, 5.41) is 0. The van der Waals surface area contributed by atoms with Crippen LogP contribution in [-0.2, 0) is 18.9 Å². The highest BCUT2D eigenvalue weighted by molar-refractivity contribution is 5.53. The molecule has 4 aliphatic carbocycles. The first kappa shape index (κ1) is 30.6. The first-order valence-corrected chi connectivity index (χ1v) is 18.8. The van der Waals surface area contributed by atoms with E-state index in [0.717, 1.165) is 0 Å². The third-order valence-corrected chi connectivity index (χ3v) is 16.9. The summed E-state index contributed by atoms with van der Waals surface area (Å²) in [6.45, 7) is 10.8. The highest BCUT2D eigenvalue weighted by Gasteiger charge is 3.03. The third-order valence-electron chi connectivity index (χ3n) is 16.9. The van der Waals surface area contributed by atoms with E-state index in [4.69, 9.17) is 18.9 Å². The van der Waals surface area contributed by atoms with Crippen molar-refractivity contribution in [2.24, 2.45) is 21.7 Å². The van der Waals surface area contributed by atoms with Gasteiger partial charge in [-0.15, -0.1) is 0 Å². The number of hydrogen-bond donors (Lipinski definition) is 0. The predicted molar refractivity (Wildman–Crippen MR) is 190 cm³/mol. The molecule has 4 aromatic rings. The van der Waals surface area contributed by atoms with Crippen LogP contribution in [0.3, 0.4) is 0 Å². The molecular formula is C40H38N6O8. The minimum Gasteiger partial charge on any atom is -0.380 e. The summed E-state index contributed by atoms with van der Waals surface area (Å²) in [5.74, 6) is 0. The first-order valence-electron chi connectivity index (χ1n) is 18.8. The number of para-hydroxylation sites is 2. The largest absolute Gasteiger partial charge is 0.380 e. The van der Waals surface area contributed by atoms with Gasteiger partial charge in [0.15, 0.2) is 0 Å². The van der Waals surface area contributed by atoms with Gasteiger partial charge in [-0.3, -0.25) is 0 Å². The zero-order chi connectivity index (χ0) is 36.8. The number of rotatable bonds is 2. The molecule has 16 rings (SSSR count). The second-order valence-electron chi connectivity index (χ2n) is 17.6. The van der Waals surface area contributed by atoms with Gasteiger partial charge in [0.05, 0.1) is 83.6 Å². The molecule has 0 spiro atoms. The molecule has 276 valence electrons. The summed E-state index contributed by atoms with van der Waals surface area (Å²) in [6.07, 6.45) is 8.33. The van der Waals surface area contributed by atoms with Crippen LogP contribution in [0.5, 0.6) is 0 Å². The van der Waals surface area contributed by atoms with E-state index in [1.54, 1.807) is 43.0 Å². The highest BCUT2D eigenvalue weighted by atomic mass is 16.7. The molecule has 8 aliphatic heterocycles. The van der Waals surface area contributed by atoms with Crippen LogP contribution in [0.1, 0.15) is 51.9 Å². The molecule has 12 aliphatic rings. The van der Waals surface area contributed by atoms with Crippen LogP contribution in [0.15, 0.2) is 104 Å². The van der Waals surface area contributed by atoms with Crippen molar-refractivity contribution >= 4 is 0 Å². The van der Waals surface area contributed by atoms with Crippen LogP contribution >= 0.6 is 0 Å². The van der Waals surface area contributed by atoms with Gasteiger partial charge in [0.25, 0.3) is 0 Å². The molecule has 0 N–H and O–H groups in total. The molecular weight excluding hydrogens is 692 g/mol. The van der Waals surface area contributed by atoms with Crippen molar-refractivity contribution in [1.29, 1.82) is 0 Å². The summed E-state index contributed by atoms with van der Waals surface area (Å²) < 4.78 is 33.8. The molecule has 12 atom stereocenters. The van der Waals surface area contributed by atoms with Crippen LogP contribution in [0.25, 0.3) is 11.4 Å². The summed E-state index contributed by atoms with van der Waals surface area (Å²) in [6, 6.07) is 17.3. The van der Waals surface area contributed by atoms with Gasteiger partial charge in [0.1, 0.15) is 22.4 Å². The van der Waals surface area contributed by atoms with E-state index in [1.807, 2.05) is 36.4 Å². The number of nitrogens with zero attached hydrogens (tertiary/aromatic N) is 6. The molecule has 0 amide bonds. The number of benzene rings is 2. The maximum Gasteiger partial charge on any atom is 0.352 e. The fraction of sp³-hybridized carbons (Fsp3) is 0.500. The van der Waals surface area contributed by atoms with E-state index in [0.29, 0.717) is 37.8 Å². The van der Waals surface area contributed by atoms with Gasteiger partial charge >= 0.3 is 22.8 Å². The molecule has 0 unspecified atom stereocenters. The van der Waals surface area contributed by atoms with Crippen molar-refractivity contribution in [2.75, 3.05) is 26.4 Å². The lowest BCUT2D eigenvalue weighted by atomic mass is 9.34. The number of allylic oxidation sites excluding steroid dienone is 4. The lowest BCUT2D eigenvalue weighted by molar-refractivity contribution is -0.165. The van der Waals surface area contributed by atoms with Gasteiger partial charge in [0, 0.05) is 0 Å². The lowest BCUT2D eigenvalue weighted by Gasteiger charge is -2.67. The van der Waals surface area contributed by atoms with Crippen molar-refractivity contribution in [2.45, 2.75) is 74.3 Å². The molecule has 2 aromatic carbocycles. The number of aromatic nitrogens is 6. The van der Waals surface area contributed by atoms with Crippen molar-refractivity contribution in [3.05, 3.63) is 127 Å². The second kappa shape index (κ2) is 8.40. The summed E-state index contributed by atoms with van der Waals surface area (Å²) in [7, 11) is 0. The molecule has 2 saturated carbocycles. The summed E-state index contributed by atoms with van der Waals surface area (Å²) >= 11 is 0. The molecule has 54 heavy (non-hydrogen) atoms. The van der Waals surface area contributed by atoms with Gasteiger partial charge < -0.3 is 18.9 Å². The van der Waals surface area contributed by atoms with E-state index in [2.05, 4.69) is 52.0 Å². The third kappa shape index (κ3) is 2.40. The Morgan fingerprint density at radius 2 is 0.704 bits per heavy atom. The minimum atomic E-state index is -0.320. The van der Waals surface area contributed by atoms with Crippen LogP contribution in [0.2, 0.25) is 0 Å². The fourth-order valence-electron chi connectivity index (χ4n) is 14.5. The highest BCUT2D eigenvalue weighted by Crippen LogP contribution is 2.92. The van der Waals surface area contributed by atoms with Gasteiger partial charge in [-0.25, -0.2) is 47.0 Å². The topological polar surface area (TPSA) is 141 Å². The van der Waals surface area contributed by atoms with E-state index < -0.39 is 0 Å². The Hall–Kier alpha value is -4.76. The van der Waals surface area contributed by atoms with Crippen LogP contribution in [-0.4, -0.2) is 76.7 Å². The molecule has 0 radical (unpaired) electrons. The van der Waals surface area contributed by atoms with Crippen molar-refractivity contribution in [3.63, 3.8) is 0 Å². The summed E-state index contributed by atoms with van der Waals surface area (Å²) in [4.78, 5) is 53.5. The van der Waals surface area contributed by atoms with Crippen LogP contribution in [0, 0.1) is 21.7 Å². The maximum absolute atomic E-state index is 13.4. The molecule has 6 fully saturated rings. The Kier molecular flexibility index (Phi) is 4.75. The maximum atomic E-state index is 13.4. The quantitative estimate of drug-likeness (QED) is 0.226. The zero-order valence-corrected chi connectivity index (χ0v) is 30.2. The summed E-state index contributed by atoms with van der Waals surface area (Å²) in [5.41, 5.74) is -2.44. The van der Waals surface area contributed by atoms with Crippen molar-refractivity contribution in [3.8, 4) is 11.4 Å². The Bertz CT molecular complexity index is 2430. The van der Waals surface area contributed by atoms with E-state index in [9.17, 15) is 19.2 Å². The van der Waals surface area contributed by atoms with Gasteiger partial charge in [-0.1, -0.05) is 60.7 Å². The predicted octanol–water partition coefficient (Wildman–Crippen LogP) is 2.06. The zero-order valence-electron chi connectivity index (χ0n) is 30.2. The Balaban J connectivity index is 0.000000115. The molecule has 14 nitrogen and oxygen atoms in total. The monoisotopic (exact) mass is 730 g/mol. The van der Waals surface area contributed by atoms with E-state index >= 15 is 0 Å². The molecule has 10 heterocycles. The average molecular weight is 731 g/mol. The SMILES string of the molecule is C[C@]12O[C@@]1(C)[C@]13COC[C@]21[C@@H]1C=C[C@H]3n2c(=O)n(-c3ccccc3)c(=O)n21.C[C@]12O[C@@]1(C)[C@]13COC[C@]21[C@@H]1C=C[C@H]3n2c(=O)n(-c3ccccc3)c(=O)n21. The lowest BCUT2D eigenvalue weighted by Crippen LogP contribution is -2.79. The Labute approximate surface area is 307 Å². The van der Waals surface area contributed by atoms with Crippen molar-refractivity contribution in [1.82, 2.24) is 27.9 Å². The van der Waals surface area contributed by atoms with Gasteiger partial charge in [-0.05, 0) is 52.0 Å². The standard InChI is InChI=1S/2C20H19N3O4/c2*1-17-18(2,27-17)20-11-26-10-19(17,20)13-8-9-14(20)23-16(25)21(15(24)22(13)23)12-6-4-3-5-7-12/h2*3-9,13-14H,10-11H2,1-2H3/t2*13-,14+,17-,18+,19-,20+. The number of hydrogen-bond acceptors (Lipinski definition) is 8. The first-order chi connectivity index (χ1) is 25.9. The normalized spacial score (nSPS) is 47.0.